The quantitative estimate of drug-likeness (QED) is 0.333. The van der Waals surface area contributed by atoms with Gasteiger partial charge in [-0.25, -0.2) is 0 Å². The standard InChI is InChI=1S/C22H38N4O/c1-3-23-22(24-14-7-8-16-26-17-9-10-18-26)25-15-11-19-27-20(2)21-12-5-4-6-13-21/h4-6,12-13,20H,3,7-11,14-19H2,1-2H3,(H2,23,24,25). The molecule has 0 radical (unpaired) electrons. The SMILES string of the molecule is CCNC(=NCCCOC(C)c1ccccc1)NCCCCN1CCCC1. The summed E-state index contributed by atoms with van der Waals surface area (Å²) in [5, 5.41) is 6.78. The average molecular weight is 375 g/mol. The number of aliphatic imine (C=N–C) groups is 1. The summed E-state index contributed by atoms with van der Waals surface area (Å²) in [5.41, 5.74) is 1.23. The minimum absolute atomic E-state index is 0.136. The summed E-state index contributed by atoms with van der Waals surface area (Å²) >= 11 is 0. The summed E-state index contributed by atoms with van der Waals surface area (Å²) in [6.07, 6.45) is 6.28. The Hall–Kier alpha value is -1.59. The van der Waals surface area contributed by atoms with Crippen molar-refractivity contribution in [1.29, 1.82) is 0 Å². The number of likely N-dealkylation sites (tertiary alicyclic amines) is 1. The van der Waals surface area contributed by atoms with Crippen LogP contribution in [0.1, 0.15) is 57.6 Å². The first-order chi connectivity index (χ1) is 13.3. The van der Waals surface area contributed by atoms with E-state index in [0.717, 1.165) is 38.6 Å². The summed E-state index contributed by atoms with van der Waals surface area (Å²) in [7, 11) is 0. The Balaban J connectivity index is 1.55. The van der Waals surface area contributed by atoms with Crippen LogP contribution >= 0.6 is 0 Å². The minimum Gasteiger partial charge on any atom is -0.374 e. The molecule has 1 aliphatic rings. The molecule has 5 heteroatoms. The van der Waals surface area contributed by atoms with Crippen molar-refractivity contribution in [2.45, 2.75) is 52.1 Å². The number of nitrogens with zero attached hydrogens (tertiary/aromatic N) is 2. The van der Waals surface area contributed by atoms with E-state index in [2.05, 4.69) is 58.6 Å². The van der Waals surface area contributed by atoms with Gasteiger partial charge in [-0.05, 0) is 71.1 Å². The topological polar surface area (TPSA) is 48.9 Å². The normalized spacial score (nSPS) is 16.4. The Kier molecular flexibility index (Phi) is 10.9. The van der Waals surface area contributed by atoms with Crippen LogP contribution < -0.4 is 10.6 Å². The largest absolute Gasteiger partial charge is 0.374 e. The van der Waals surface area contributed by atoms with E-state index in [1.54, 1.807) is 0 Å². The minimum atomic E-state index is 0.136. The molecule has 0 amide bonds. The summed E-state index contributed by atoms with van der Waals surface area (Å²) in [6.45, 7) is 11.4. The van der Waals surface area contributed by atoms with Crippen molar-refractivity contribution in [3.63, 3.8) is 0 Å². The first-order valence-electron chi connectivity index (χ1n) is 10.7. The van der Waals surface area contributed by atoms with E-state index in [1.165, 1.54) is 50.9 Å². The Morgan fingerprint density at radius 1 is 1.11 bits per heavy atom. The molecule has 1 unspecified atom stereocenters. The summed E-state index contributed by atoms with van der Waals surface area (Å²) in [5.74, 6) is 0.926. The molecule has 1 fully saturated rings. The third-order valence-electron chi connectivity index (χ3n) is 4.95. The molecule has 2 rings (SSSR count). The molecule has 5 nitrogen and oxygen atoms in total. The Morgan fingerprint density at radius 3 is 2.63 bits per heavy atom. The fourth-order valence-electron chi connectivity index (χ4n) is 3.35. The van der Waals surface area contributed by atoms with Gasteiger partial charge in [0, 0.05) is 26.2 Å². The van der Waals surface area contributed by atoms with Crippen LogP contribution in [-0.2, 0) is 4.74 Å². The molecule has 2 N–H and O–H groups in total. The molecule has 0 aliphatic carbocycles. The summed E-state index contributed by atoms with van der Waals surface area (Å²) in [4.78, 5) is 7.24. The molecular formula is C22H38N4O. The Bertz CT molecular complexity index is 514. The van der Waals surface area contributed by atoms with Crippen LogP contribution in [-0.4, -0.2) is 56.7 Å². The number of guanidine groups is 1. The molecule has 1 atom stereocenters. The van der Waals surface area contributed by atoms with Gasteiger partial charge in [-0.3, -0.25) is 4.99 Å². The summed E-state index contributed by atoms with van der Waals surface area (Å²) in [6, 6.07) is 10.4. The summed E-state index contributed by atoms with van der Waals surface area (Å²) < 4.78 is 5.92. The Morgan fingerprint density at radius 2 is 1.89 bits per heavy atom. The fraction of sp³-hybridized carbons (Fsp3) is 0.682. The van der Waals surface area contributed by atoms with Gasteiger partial charge in [0.15, 0.2) is 5.96 Å². The van der Waals surface area contributed by atoms with Gasteiger partial charge in [-0.15, -0.1) is 0 Å². The van der Waals surface area contributed by atoms with Gasteiger partial charge in [0.05, 0.1) is 6.10 Å². The molecule has 0 saturated carbocycles. The van der Waals surface area contributed by atoms with Gasteiger partial charge < -0.3 is 20.3 Å². The van der Waals surface area contributed by atoms with Crippen molar-refractivity contribution in [1.82, 2.24) is 15.5 Å². The van der Waals surface area contributed by atoms with E-state index in [9.17, 15) is 0 Å². The van der Waals surface area contributed by atoms with Crippen molar-refractivity contribution in [2.24, 2.45) is 4.99 Å². The lowest BCUT2D eigenvalue weighted by molar-refractivity contribution is 0.0652. The van der Waals surface area contributed by atoms with E-state index in [4.69, 9.17) is 4.74 Å². The second-order valence-electron chi connectivity index (χ2n) is 7.22. The lowest BCUT2D eigenvalue weighted by Crippen LogP contribution is -2.38. The number of unbranched alkanes of at least 4 members (excludes halogenated alkanes) is 1. The molecule has 1 saturated heterocycles. The number of nitrogens with one attached hydrogen (secondary N) is 2. The third-order valence-corrected chi connectivity index (χ3v) is 4.95. The molecule has 0 aromatic heterocycles. The lowest BCUT2D eigenvalue weighted by Gasteiger charge is -2.15. The lowest BCUT2D eigenvalue weighted by atomic mass is 10.1. The van der Waals surface area contributed by atoms with E-state index in [0.29, 0.717) is 0 Å². The fourth-order valence-corrected chi connectivity index (χ4v) is 3.35. The van der Waals surface area contributed by atoms with Gasteiger partial charge in [0.2, 0.25) is 0 Å². The van der Waals surface area contributed by atoms with E-state index >= 15 is 0 Å². The highest BCUT2D eigenvalue weighted by molar-refractivity contribution is 5.79. The Labute approximate surface area is 165 Å². The van der Waals surface area contributed by atoms with Crippen molar-refractivity contribution in [3.05, 3.63) is 35.9 Å². The number of rotatable bonds is 12. The third kappa shape index (κ3) is 9.25. The maximum absolute atomic E-state index is 5.92. The molecule has 0 spiro atoms. The van der Waals surface area contributed by atoms with Crippen LogP contribution in [0.4, 0.5) is 0 Å². The van der Waals surface area contributed by atoms with Crippen LogP contribution in [0.5, 0.6) is 0 Å². The molecular weight excluding hydrogens is 336 g/mol. The molecule has 1 aromatic carbocycles. The van der Waals surface area contributed by atoms with Crippen LogP contribution in [0.25, 0.3) is 0 Å². The first-order valence-corrected chi connectivity index (χ1v) is 10.7. The molecule has 1 aromatic rings. The number of hydrogen-bond acceptors (Lipinski definition) is 3. The zero-order valence-electron chi connectivity index (χ0n) is 17.3. The van der Waals surface area contributed by atoms with E-state index in [-0.39, 0.29) is 6.10 Å². The molecule has 27 heavy (non-hydrogen) atoms. The van der Waals surface area contributed by atoms with Crippen molar-refractivity contribution >= 4 is 5.96 Å². The monoisotopic (exact) mass is 374 g/mol. The average Bonchev–Trinajstić information content (AvgIpc) is 3.21. The van der Waals surface area contributed by atoms with Gasteiger partial charge in [0.1, 0.15) is 0 Å². The number of ether oxygens (including phenoxy) is 1. The van der Waals surface area contributed by atoms with E-state index in [1.807, 2.05) is 6.07 Å². The maximum atomic E-state index is 5.92. The molecule has 0 bridgehead atoms. The van der Waals surface area contributed by atoms with Gasteiger partial charge in [-0.1, -0.05) is 30.3 Å². The number of benzene rings is 1. The smallest absolute Gasteiger partial charge is 0.191 e. The van der Waals surface area contributed by atoms with Crippen molar-refractivity contribution in [3.8, 4) is 0 Å². The van der Waals surface area contributed by atoms with Crippen LogP contribution in [0.3, 0.4) is 0 Å². The van der Waals surface area contributed by atoms with Gasteiger partial charge in [-0.2, -0.15) is 0 Å². The second-order valence-corrected chi connectivity index (χ2v) is 7.22. The van der Waals surface area contributed by atoms with Crippen molar-refractivity contribution < 1.29 is 4.74 Å². The zero-order valence-corrected chi connectivity index (χ0v) is 17.3. The highest BCUT2D eigenvalue weighted by Gasteiger charge is 2.10. The van der Waals surface area contributed by atoms with Crippen LogP contribution in [0.15, 0.2) is 35.3 Å². The van der Waals surface area contributed by atoms with Gasteiger partial charge >= 0.3 is 0 Å². The predicted octanol–water partition coefficient (Wildman–Crippen LogP) is 3.59. The molecule has 1 aliphatic heterocycles. The molecule has 1 heterocycles. The first kappa shape index (κ1) is 21.7. The van der Waals surface area contributed by atoms with E-state index < -0.39 is 0 Å². The van der Waals surface area contributed by atoms with Crippen molar-refractivity contribution in [2.75, 3.05) is 45.9 Å². The van der Waals surface area contributed by atoms with Crippen LogP contribution in [0, 0.1) is 0 Å². The number of hydrogen-bond donors (Lipinski definition) is 2. The molecule has 152 valence electrons. The zero-order chi connectivity index (χ0) is 19.2. The van der Waals surface area contributed by atoms with Crippen LogP contribution in [0.2, 0.25) is 0 Å². The second kappa shape index (κ2) is 13.6. The predicted molar refractivity (Wildman–Crippen MR) is 114 cm³/mol. The highest BCUT2D eigenvalue weighted by atomic mass is 16.5. The highest BCUT2D eigenvalue weighted by Crippen LogP contribution is 2.15. The maximum Gasteiger partial charge on any atom is 0.191 e. The van der Waals surface area contributed by atoms with Gasteiger partial charge in [0.25, 0.3) is 0 Å².